The van der Waals surface area contributed by atoms with Crippen LogP contribution in [-0.4, -0.2) is 4.98 Å². The Bertz CT molecular complexity index is 346. The molecule has 14 heavy (non-hydrogen) atoms. The van der Waals surface area contributed by atoms with E-state index in [0.717, 1.165) is 0 Å². The third kappa shape index (κ3) is 1.08. The standard InChI is InChI=1S/C13H21N/c1-8-10-11(9(2)14-8)13(5,6)7-12(10,3)4/h14H,7H2,1-6H3. The van der Waals surface area contributed by atoms with Gasteiger partial charge in [-0.3, -0.25) is 0 Å². The first kappa shape index (κ1) is 9.82. The molecule has 0 unspecified atom stereocenters. The minimum Gasteiger partial charge on any atom is -0.362 e. The molecule has 78 valence electrons. The molecule has 0 amide bonds. The van der Waals surface area contributed by atoms with Crippen molar-refractivity contribution in [3.05, 3.63) is 22.5 Å². The number of hydrogen-bond donors (Lipinski definition) is 1. The summed E-state index contributed by atoms with van der Waals surface area (Å²) in [5.41, 5.74) is 6.56. The summed E-state index contributed by atoms with van der Waals surface area (Å²) in [6, 6.07) is 0. The van der Waals surface area contributed by atoms with Gasteiger partial charge in [-0.05, 0) is 42.2 Å². The summed E-state index contributed by atoms with van der Waals surface area (Å²) in [4.78, 5) is 3.49. The van der Waals surface area contributed by atoms with Crippen LogP contribution in [0.5, 0.6) is 0 Å². The first-order chi connectivity index (χ1) is 6.26. The lowest BCUT2D eigenvalue weighted by Gasteiger charge is -2.24. The minimum absolute atomic E-state index is 0.341. The van der Waals surface area contributed by atoms with Gasteiger partial charge in [-0.2, -0.15) is 0 Å². The van der Waals surface area contributed by atoms with Crippen LogP contribution in [0.15, 0.2) is 0 Å². The highest BCUT2D eigenvalue weighted by atomic mass is 14.8. The van der Waals surface area contributed by atoms with Crippen molar-refractivity contribution < 1.29 is 0 Å². The molecule has 0 radical (unpaired) electrons. The quantitative estimate of drug-likeness (QED) is 0.645. The van der Waals surface area contributed by atoms with Gasteiger partial charge in [0.15, 0.2) is 0 Å². The fraction of sp³-hybridized carbons (Fsp3) is 0.692. The molecule has 0 fully saturated rings. The Labute approximate surface area is 86.9 Å². The van der Waals surface area contributed by atoms with E-state index in [1.54, 1.807) is 11.1 Å². The zero-order chi connectivity index (χ0) is 10.7. The van der Waals surface area contributed by atoms with Gasteiger partial charge in [0.25, 0.3) is 0 Å². The van der Waals surface area contributed by atoms with Crippen LogP contribution in [0.3, 0.4) is 0 Å². The highest BCUT2D eigenvalue weighted by molar-refractivity contribution is 5.50. The molecule has 1 aromatic heterocycles. The van der Waals surface area contributed by atoms with E-state index < -0.39 is 0 Å². The van der Waals surface area contributed by atoms with Crippen molar-refractivity contribution in [2.24, 2.45) is 0 Å². The summed E-state index contributed by atoms with van der Waals surface area (Å²) >= 11 is 0. The first-order valence-electron chi connectivity index (χ1n) is 5.46. The Morgan fingerprint density at radius 1 is 0.857 bits per heavy atom. The highest BCUT2D eigenvalue weighted by Crippen LogP contribution is 2.51. The summed E-state index contributed by atoms with van der Waals surface area (Å²) in [6.07, 6.45) is 1.26. The molecule has 0 saturated carbocycles. The maximum atomic E-state index is 3.49. The molecule has 1 aromatic rings. The average Bonchev–Trinajstić information content (AvgIpc) is 2.32. The normalized spacial score (nSPS) is 22.4. The van der Waals surface area contributed by atoms with Crippen LogP contribution in [0, 0.1) is 13.8 Å². The Morgan fingerprint density at radius 3 is 1.57 bits per heavy atom. The summed E-state index contributed by atoms with van der Waals surface area (Å²) in [5, 5.41) is 0. The molecule has 1 heterocycles. The van der Waals surface area contributed by atoms with Gasteiger partial charge in [-0.25, -0.2) is 0 Å². The number of rotatable bonds is 0. The van der Waals surface area contributed by atoms with Crippen LogP contribution >= 0.6 is 0 Å². The maximum Gasteiger partial charge on any atom is 0.0158 e. The van der Waals surface area contributed by atoms with Gasteiger partial charge in [-0.15, -0.1) is 0 Å². The van der Waals surface area contributed by atoms with E-state index >= 15 is 0 Å². The lowest BCUT2D eigenvalue weighted by Crippen LogP contribution is -2.19. The van der Waals surface area contributed by atoms with Crippen LogP contribution < -0.4 is 0 Å². The smallest absolute Gasteiger partial charge is 0.0158 e. The molecule has 0 aliphatic heterocycles. The number of nitrogens with one attached hydrogen (secondary N) is 1. The van der Waals surface area contributed by atoms with Gasteiger partial charge >= 0.3 is 0 Å². The van der Waals surface area contributed by atoms with Crippen molar-refractivity contribution in [3.8, 4) is 0 Å². The number of aromatic nitrogens is 1. The van der Waals surface area contributed by atoms with Crippen molar-refractivity contribution in [1.29, 1.82) is 0 Å². The third-order valence-corrected chi connectivity index (χ3v) is 3.61. The molecule has 0 atom stereocenters. The third-order valence-electron chi connectivity index (χ3n) is 3.61. The molecular weight excluding hydrogens is 170 g/mol. The molecule has 0 spiro atoms. The van der Waals surface area contributed by atoms with E-state index in [1.807, 2.05) is 0 Å². The summed E-state index contributed by atoms with van der Waals surface area (Å²) < 4.78 is 0. The lowest BCUT2D eigenvalue weighted by atomic mass is 9.81. The van der Waals surface area contributed by atoms with E-state index in [4.69, 9.17) is 0 Å². The molecule has 1 N–H and O–H groups in total. The van der Waals surface area contributed by atoms with Gasteiger partial charge in [-0.1, -0.05) is 27.7 Å². The van der Waals surface area contributed by atoms with Crippen molar-refractivity contribution in [2.45, 2.75) is 58.8 Å². The second-order valence-electron chi connectivity index (χ2n) is 6.07. The summed E-state index contributed by atoms with van der Waals surface area (Å²) in [7, 11) is 0. The van der Waals surface area contributed by atoms with Gasteiger partial charge in [0.2, 0.25) is 0 Å². The van der Waals surface area contributed by atoms with Gasteiger partial charge in [0.05, 0.1) is 0 Å². The zero-order valence-corrected chi connectivity index (χ0v) is 10.2. The van der Waals surface area contributed by atoms with Crippen molar-refractivity contribution >= 4 is 0 Å². The van der Waals surface area contributed by atoms with Gasteiger partial charge in [0.1, 0.15) is 0 Å². The molecular formula is C13H21N. The highest BCUT2D eigenvalue weighted by Gasteiger charge is 2.44. The van der Waals surface area contributed by atoms with Crippen LogP contribution in [0.4, 0.5) is 0 Å². The number of fused-ring (bicyclic) bond motifs is 1. The van der Waals surface area contributed by atoms with Gasteiger partial charge in [0, 0.05) is 11.4 Å². The molecule has 0 bridgehead atoms. The number of hydrogen-bond acceptors (Lipinski definition) is 0. The Morgan fingerprint density at radius 2 is 1.21 bits per heavy atom. The molecule has 0 saturated heterocycles. The van der Waals surface area contributed by atoms with Crippen LogP contribution in [0.25, 0.3) is 0 Å². The fourth-order valence-corrected chi connectivity index (χ4v) is 3.75. The first-order valence-corrected chi connectivity index (χ1v) is 5.46. The monoisotopic (exact) mass is 191 g/mol. The van der Waals surface area contributed by atoms with Crippen molar-refractivity contribution in [1.82, 2.24) is 4.98 Å². The average molecular weight is 191 g/mol. The summed E-state index contributed by atoms with van der Waals surface area (Å²) in [5.74, 6) is 0. The Kier molecular flexibility index (Phi) is 1.72. The van der Waals surface area contributed by atoms with Crippen LogP contribution in [0.2, 0.25) is 0 Å². The predicted octanol–water partition coefficient (Wildman–Crippen LogP) is 3.59. The minimum atomic E-state index is 0.341. The Balaban J connectivity index is 2.74. The molecule has 1 nitrogen and oxygen atoms in total. The second-order valence-corrected chi connectivity index (χ2v) is 6.07. The largest absolute Gasteiger partial charge is 0.362 e. The fourth-order valence-electron chi connectivity index (χ4n) is 3.75. The molecule has 1 heteroatoms. The molecule has 2 rings (SSSR count). The maximum absolute atomic E-state index is 3.49. The summed E-state index contributed by atoms with van der Waals surface area (Å²) in [6.45, 7) is 13.9. The van der Waals surface area contributed by atoms with Crippen molar-refractivity contribution in [2.75, 3.05) is 0 Å². The van der Waals surface area contributed by atoms with E-state index in [2.05, 4.69) is 46.5 Å². The van der Waals surface area contributed by atoms with E-state index in [-0.39, 0.29) is 0 Å². The molecule has 0 aromatic carbocycles. The SMILES string of the molecule is Cc1[nH]c(C)c2c1C(C)(C)CC2(C)C. The molecule has 1 aliphatic rings. The van der Waals surface area contributed by atoms with Crippen LogP contribution in [0.1, 0.15) is 56.6 Å². The zero-order valence-electron chi connectivity index (χ0n) is 10.2. The number of aryl methyl sites for hydroxylation is 2. The predicted molar refractivity (Wildman–Crippen MR) is 60.9 cm³/mol. The van der Waals surface area contributed by atoms with Crippen molar-refractivity contribution in [3.63, 3.8) is 0 Å². The van der Waals surface area contributed by atoms with E-state index in [9.17, 15) is 0 Å². The van der Waals surface area contributed by atoms with E-state index in [1.165, 1.54) is 17.8 Å². The van der Waals surface area contributed by atoms with Gasteiger partial charge < -0.3 is 4.98 Å². The topological polar surface area (TPSA) is 15.8 Å². The number of aromatic amines is 1. The lowest BCUT2D eigenvalue weighted by molar-refractivity contribution is 0.399. The molecule has 1 aliphatic carbocycles. The van der Waals surface area contributed by atoms with Crippen LogP contribution in [-0.2, 0) is 10.8 Å². The Hall–Kier alpha value is -0.720. The van der Waals surface area contributed by atoms with E-state index in [0.29, 0.717) is 10.8 Å². The number of H-pyrrole nitrogens is 1. The second kappa shape index (κ2) is 2.44.